The van der Waals surface area contributed by atoms with Gasteiger partial charge >= 0.3 is 0 Å². The van der Waals surface area contributed by atoms with Crippen LogP contribution in [-0.2, 0) is 13.0 Å². The van der Waals surface area contributed by atoms with Crippen LogP contribution in [0, 0.1) is 5.82 Å². The fourth-order valence-electron chi connectivity index (χ4n) is 1.76. The summed E-state index contributed by atoms with van der Waals surface area (Å²) >= 11 is 5.80. The van der Waals surface area contributed by atoms with E-state index in [9.17, 15) is 4.39 Å². The Labute approximate surface area is 117 Å². The van der Waals surface area contributed by atoms with E-state index in [4.69, 9.17) is 22.1 Å². The van der Waals surface area contributed by atoms with Gasteiger partial charge in [-0.3, -0.25) is 0 Å². The predicted molar refractivity (Wildman–Crippen MR) is 74.9 cm³/mol. The van der Waals surface area contributed by atoms with Crippen LogP contribution in [0.3, 0.4) is 0 Å². The molecule has 0 radical (unpaired) electrons. The van der Waals surface area contributed by atoms with Gasteiger partial charge in [-0.05, 0) is 48.4 Å². The first-order chi connectivity index (χ1) is 9.17. The minimum Gasteiger partial charge on any atom is -0.489 e. The van der Waals surface area contributed by atoms with Crippen molar-refractivity contribution in [2.24, 2.45) is 5.73 Å². The Bertz CT molecular complexity index is 542. The minimum atomic E-state index is -0.308. The fourth-order valence-corrected chi connectivity index (χ4v) is 1.89. The van der Waals surface area contributed by atoms with E-state index in [-0.39, 0.29) is 5.82 Å². The van der Waals surface area contributed by atoms with Crippen LogP contribution in [0.1, 0.15) is 11.1 Å². The minimum absolute atomic E-state index is 0.308. The molecule has 2 aromatic carbocycles. The molecule has 0 amide bonds. The number of hydrogen-bond donors (Lipinski definition) is 1. The van der Waals surface area contributed by atoms with Crippen molar-refractivity contribution in [3.8, 4) is 5.75 Å². The summed E-state index contributed by atoms with van der Waals surface area (Å²) in [5, 5.41) is 0.680. The van der Waals surface area contributed by atoms with Crippen molar-refractivity contribution < 1.29 is 9.13 Å². The van der Waals surface area contributed by atoms with Gasteiger partial charge in [0.25, 0.3) is 0 Å². The van der Waals surface area contributed by atoms with Crippen molar-refractivity contribution in [1.29, 1.82) is 0 Å². The molecular weight excluding hydrogens is 265 g/mol. The Hall–Kier alpha value is -1.58. The van der Waals surface area contributed by atoms with Crippen LogP contribution in [0.5, 0.6) is 5.75 Å². The number of benzene rings is 2. The highest BCUT2D eigenvalue weighted by molar-refractivity contribution is 6.30. The third-order valence-electron chi connectivity index (χ3n) is 2.68. The van der Waals surface area contributed by atoms with E-state index in [0.29, 0.717) is 30.3 Å². The summed E-state index contributed by atoms with van der Waals surface area (Å²) in [6.07, 6.45) is 0.634. The molecule has 2 rings (SSSR count). The van der Waals surface area contributed by atoms with E-state index in [2.05, 4.69) is 0 Å². The second kappa shape index (κ2) is 6.55. The third-order valence-corrected chi connectivity index (χ3v) is 2.93. The molecule has 0 unspecified atom stereocenters. The molecule has 0 aliphatic rings. The summed E-state index contributed by atoms with van der Waals surface area (Å²) in [5.74, 6) is 0.204. The standard InChI is InChI=1S/C15H15ClFNO/c16-13-3-1-11(2-4-13)10-19-15-8-12(5-6-18)7-14(17)9-15/h1-4,7-9H,5-6,10,18H2. The normalized spacial score (nSPS) is 10.5. The average molecular weight is 280 g/mol. The van der Waals surface area contributed by atoms with Gasteiger partial charge in [-0.2, -0.15) is 0 Å². The predicted octanol–water partition coefficient (Wildman–Crippen LogP) is 3.56. The van der Waals surface area contributed by atoms with Crippen molar-refractivity contribution in [1.82, 2.24) is 0 Å². The van der Waals surface area contributed by atoms with Gasteiger partial charge in [0.2, 0.25) is 0 Å². The highest BCUT2D eigenvalue weighted by Gasteiger charge is 2.02. The van der Waals surface area contributed by atoms with E-state index < -0.39 is 0 Å². The third kappa shape index (κ3) is 4.23. The van der Waals surface area contributed by atoms with Crippen molar-refractivity contribution >= 4 is 11.6 Å². The molecule has 19 heavy (non-hydrogen) atoms. The zero-order valence-corrected chi connectivity index (χ0v) is 11.2. The number of rotatable bonds is 5. The first kappa shape index (κ1) is 13.8. The lowest BCUT2D eigenvalue weighted by Gasteiger charge is -2.08. The first-order valence-electron chi connectivity index (χ1n) is 6.04. The lowest BCUT2D eigenvalue weighted by Crippen LogP contribution is -2.03. The first-order valence-corrected chi connectivity index (χ1v) is 6.42. The topological polar surface area (TPSA) is 35.2 Å². The summed E-state index contributed by atoms with van der Waals surface area (Å²) < 4.78 is 19.0. The summed E-state index contributed by atoms with van der Waals surface area (Å²) in [4.78, 5) is 0. The largest absolute Gasteiger partial charge is 0.489 e. The Balaban J connectivity index is 2.04. The van der Waals surface area contributed by atoms with Crippen LogP contribution in [0.2, 0.25) is 5.02 Å². The molecule has 0 atom stereocenters. The van der Waals surface area contributed by atoms with E-state index in [1.165, 1.54) is 12.1 Å². The molecule has 4 heteroatoms. The Morgan fingerprint density at radius 3 is 2.47 bits per heavy atom. The zero-order chi connectivity index (χ0) is 13.7. The van der Waals surface area contributed by atoms with Gasteiger partial charge < -0.3 is 10.5 Å². The average Bonchev–Trinajstić information content (AvgIpc) is 2.38. The van der Waals surface area contributed by atoms with E-state index >= 15 is 0 Å². The quantitative estimate of drug-likeness (QED) is 0.908. The molecule has 0 aromatic heterocycles. The second-order valence-corrected chi connectivity index (χ2v) is 4.69. The fraction of sp³-hybridized carbons (Fsp3) is 0.200. The Morgan fingerprint density at radius 1 is 1.05 bits per heavy atom. The summed E-state index contributed by atoms with van der Waals surface area (Å²) in [6.45, 7) is 0.864. The number of ether oxygens (including phenoxy) is 1. The molecule has 0 heterocycles. The van der Waals surface area contributed by atoms with Crippen molar-refractivity contribution in [2.75, 3.05) is 6.54 Å². The lowest BCUT2D eigenvalue weighted by molar-refractivity contribution is 0.304. The summed E-state index contributed by atoms with van der Waals surface area (Å²) in [6, 6.07) is 12.0. The molecule has 2 aromatic rings. The zero-order valence-electron chi connectivity index (χ0n) is 10.4. The molecule has 0 aliphatic heterocycles. The summed E-state index contributed by atoms with van der Waals surface area (Å²) in [5.41, 5.74) is 7.29. The maximum Gasteiger partial charge on any atom is 0.127 e. The van der Waals surface area contributed by atoms with Crippen LogP contribution >= 0.6 is 11.6 Å². The van der Waals surface area contributed by atoms with Crippen molar-refractivity contribution in [2.45, 2.75) is 13.0 Å². The molecule has 0 saturated carbocycles. The number of halogens is 2. The molecule has 2 N–H and O–H groups in total. The smallest absolute Gasteiger partial charge is 0.127 e. The monoisotopic (exact) mass is 279 g/mol. The van der Waals surface area contributed by atoms with Crippen LogP contribution in [0.4, 0.5) is 4.39 Å². The Kier molecular flexibility index (Phi) is 4.77. The molecule has 2 nitrogen and oxygen atoms in total. The van der Waals surface area contributed by atoms with Crippen molar-refractivity contribution in [3.63, 3.8) is 0 Å². The van der Waals surface area contributed by atoms with Crippen molar-refractivity contribution in [3.05, 3.63) is 64.4 Å². The van der Waals surface area contributed by atoms with Gasteiger partial charge in [-0.1, -0.05) is 23.7 Å². The van der Waals surface area contributed by atoms with Gasteiger partial charge in [0.1, 0.15) is 18.2 Å². The van der Waals surface area contributed by atoms with Crippen LogP contribution < -0.4 is 10.5 Å². The molecule has 0 spiro atoms. The van der Waals surface area contributed by atoms with Crippen LogP contribution in [0.15, 0.2) is 42.5 Å². The van der Waals surface area contributed by atoms with Gasteiger partial charge in [0.15, 0.2) is 0 Å². The van der Waals surface area contributed by atoms with E-state index in [1.54, 1.807) is 12.1 Å². The lowest BCUT2D eigenvalue weighted by atomic mass is 10.1. The van der Waals surface area contributed by atoms with Crippen LogP contribution in [-0.4, -0.2) is 6.54 Å². The molecule has 0 bridgehead atoms. The highest BCUT2D eigenvalue weighted by atomic mass is 35.5. The molecule has 0 fully saturated rings. The van der Waals surface area contributed by atoms with E-state index in [1.807, 2.05) is 18.2 Å². The van der Waals surface area contributed by atoms with Crippen LogP contribution in [0.25, 0.3) is 0 Å². The molecular formula is C15H15ClFNO. The SMILES string of the molecule is NCCc1cc(F)cc(OCc2ccc(Cl)cc2)c1. The number of nitrogens with two attached hydrogens (primary N) is 1. The Morgan fingerprint density at radius 2 is 1.79 bits per heavy atom. The second-order valence-electron chi connectivity index (χ2n) is 4.25. The summed E-state index contributed by atoms with van der Waals surface area (Å²) in [7, 11) is 0. The molecule has 100 valence electrons. The maximum atomic E-state index is 13.4. The molecule has 0 aliphatic carbocycles. The van der Waals surface area contributed by atoms with E-state index in [0.717, 1.165) is 11.1 Å². The van der Waals surface area contributed by atoms with Gasteiger partial charge in [-0.25, -0.2) is 4.39 Å². The van der Waals surface area contributed by atoms with Gasteiger partial charge in [-0.15, -0.1) is 0 Å². The molecule has 0 saturated heterocycles. The maximum absolute atomic E-state index is 13.4. The highest BCUT2D eigenvalue weighted by Crippen LogP contribution is 2.18. The van der Waals surface area contributed by atoms with Gasteiger partial charge in [0.05, 0.1) is 0 Å². The van der Waals surface area contributed by atoms with Gasteiger partial charge in [0, 0.05) is 11.1 Å². The number of hydrogen-bond acceptors (Lipinski definition) is 2.